The first-order valence-electron chi connectivity index (χ1n) is 8.22. The van der Waals surface area contributed by atoms with E-state index in [2.05, 4.69) is 11.4 Å². The van der Waals surface area contributed by atoms with Crippen molar-refractivity contribution in [2.24, 2.45) is 0 Å². The summed E-state index contributed by atoms with van der Waals surface area (Å²) in [6, 6.07) is 9.65. The van der Waals surface area contributed by atoms with Crippen molar-refractivity contribution in [2.45, 2.75) is 32.9 Å². The molecule has 1 aromatic heterocycles. The molecule has 2 heterocycles. The van der Waals surface area contributed by atoms with E-state index in [0.717, 1.165) is 17.0 Å². The minimum absolute atomic E-state index is 0.127. The predicted molar refractivity (Wildman–Crippen MR) is 103 cm³/mol. The zero-order valence-corrected chi connectivity index (χ0v) is 16.0. The Bertz CT molecular complexity index is 860. The molecule has 0 radical (unpaired) electrons. The Kier molecular flexibility index (Phi) is 5.15. The van der Waals surface area contributed by atoms with E-state index >= 15 is 0 Å². The van der Waals surface area contributed by atoms with Crippen molar-refractivity contribution in [3.63, 3.8) is 0 Å². The first-order valence-corrected chi connectivity index (χ1v) is 10.4. The summed E-state index contributed by atoms with van der Waals surface area (Å²) < 4.78 is 29.3. The highest BCUT2D eigenvalue weighted by atomic mass is 32.2. The lowest BCUT2D eigenvalue weighted by atomic mass is 10.1. The van der Waals surface area contributed by atoms with Crippen molar-refractivity contribution in [1.82, 2.24) is 4.90 Å². The molecule has 3 rings (SSSR count). The van der Waals surface area contributed by atoms with Crippen LogP contribution in [0.2, 0.25) is 0 Å². The SMILES string of the molecule is Cc1ccc(NC(=S)N(Cc2ccco2)[C@H]2CCS(=O)(=O)C2)c(C)c1. The van der Waals surface area contributed by atoms with Gasteiger partial charge in [0.1, 0.15) is 5.76 Å². The van der Waals surface area contributed by atoms with Crippen molar-refractivity contribution in [3.8, 4) is 0 Å². The fourth-order valence-corrected chi connectivity index (χ4v) is 5.15. The normalized spacial score (nSPS) is 18.9. The van der Waals surface area contributed by atoms with Gasteiger partial charge >= 0.3 is 0 Å². The minimum atomic E-state index is -3.00. The molecule has 0 amide bonds. The van der Waals surface area contributed by atoms with E-state index in [1.807, 2.05) is 43.0 Å². The van der Waals surface area contributed by atoms with Gasteiger partial charge in [-0.1, -0.05) is 17.7 Å². The zero-order valence-electron chi connectivity index (χ0n) is 14.4. The average Bonchev–Trinajstić information content (AvgIpc) is 3.16. The number of rotatable bonds is 4. The molecule has 5 nitrogen and oxygen atoms in total. The first-order chi connectivity index (χ1) is 11.8. The number of anilines is 1. The van der Waals surface area contributed by atoms with Crippen molar-refractivity contribution < 1.29 is 12.8 Å². The van der Waals surface area contributed by atoms with Gasteiger partial charge < -0.3 is 14.6 Å². The summed E-state index contributed by atoms with van der Waals surface area (Å²) in [6.45, 7) is 4.51. The summed E-state index contributed by atoms with van der Waals surface area (Å²) in [5, 5.41) is 3.79. The summed E-state index contributed by atoms with van der Waals surface area (Å²) in [5.41, 5.74) is 3.21. The Hall–Kier alpha value is -1.86. The molecule has 1 aromatic carbocycles. The van der Waals surface area contributed by atoms with Crippen LogP contribution in [0, 0.1) is 13.8 Å². The van der Waals surface area contributed by atoms with Gasteiger partial charge in [0, 0.05) is 11.7 Å². The molecule has 134 valence electrons. The third kappa shape index (κ3) is 4.41. The minimum Gasteiger partial charge on any atom is -0.467 e. The van der Waals surface area contributed by atoms with Gasteiger partial charge in [0.2, 0.25) is 0 Å². The summed E-state index contributed by atoms with van der Waals surface area (Å²) in [6.07, 6.45) is 2.19. The molecule has 1 fully saturated rings. The number of benzene rings is 1. The predicted octanol–water partition coefficient (Wildman–Crippen LogP) is 3.28. The maximum atomic E-state index is 11.9. The number of thiocarbonyl (C=S) groups is 1. The van der Waals surface area contributed by atoms with Crippen molar-refractivity contribution in [2.75, 3.05) is 16.8 Å². The van der Waals surface area contributed by atoms with E-state index in [0.29, 0.717) is 18.1 Å². The molecular formula is C18H22N2O3S2. The average molecular weight is 379 g/mol. The number of furan rings is 1. The van der Waals surface area contributed by atoms with Crippen LogP contribution >= 0.6 is 12.2 Å². The third-order valence-electron chi connectivity index (χ3n) is 4.44. The number of hydrogen-bond donors (Lipinski definition) is 1. The fraction of sp³-hybridized carbons (Fsp3) is 0.389. The van der Waals surface area contributed by atoms with E-state index in [4.69, 9.17) is 16.6 Å². The summed E-state index contributed by atoms with van der Waals surface area (Å²) in [7, 11) is -3.00. The molecule has 1 aliphatic rings. The van der Waals surface area contributed by atoms with Crippen LogP contribution in [-0.4, -0.2) is 36.0 Å². The van der Waals surface area contributed by atoms with E-state index in [1.54, 1.807) is 6.26 Å². The number of aryl methyl sites for hydroxylation is 2. The van der Waals surface area contributed by atoms with Crippen LogP contribution < -0.4 is 5.32 Å². The second-order valence-corrected chi connectivity index (χ2v) is 9.13. The Morgan fingerprint density at radius 2 is 2.16 bits per heavy atom. The highest BCUT2D eigenvalue weighted by Crippen LogP contribution is 2.23. The van der Waals surface area contributed by atoms with Crippen LogP contribution in [0.15, 0.2) is 41.0 Å². The van der Waals surface area contributed by atoms with Gasteiger partial charge in [0.25, 0.3) is 0 Å². The Balaban J connectivity index is 1.81. The molecule has 1 saturated heterocycles. The van der Waals surface area contributed by atoms with Crippen LogP contribution in [0.1, 0.15) is 23.3 Å². The zero-order chi connectivity index (χ0) is 18.0. The fourth-order valence-electron chi connectivity index (χ4n) is 3.10. The van der Waals surface area contributed by atoms with Crippen molar-refractivity contribution in [3.05, 3.63) is 53.5 Å². The summed E-state index contributed by atoms with van der Waals surface area (Å²) in [4.78, 5) is 1.93. The van der Waals surface area contributed by atoms with Gasteiger partial charge in [-0.2, -0.15) is 0 Å². The quantitative estimate of drug-likeness (QED) is 0.824. The molecule has 0 aliphatic carbocycles. The van der Waals surface area contributed by atoms with E-state index in [9.17, 15) is 8.42 Å². The topological polar surface area (TPSA) is 62.6 Å². The summed E-state index contributed by atoms with van der Waals surface area (Å²) >= 11 is 5.61. The van der Waals surface area contributed by atoms with Gasteiger partial charge in [0.15, 0.2) is 14.9 Å². The molecule has 1 aliphatic heterocycles. The molecule has 7 heteroatoms. The lowest BCUT2D eigenvalue weighted by molar-refractivity contribution is 0.302. The molecule has 25 heavy (non-hydrogen) atoms. The van der Waals surface area contributed by atoms with E-state index < -0.39 is 9.84 Å². The molecule has 0 spiro atoms. The van der Waals surface area contributed by atoms with Crippen LogP contribution in [0.25, 0.3) is 0 Å². The lowest BCUT2D eigenvalue weighted by Gasteiger charge is -2.30. The number of sulfone groups is 1. The number of nitrogens with zero attached hydrogens (tertiary/aromatic N) is 1. The Labute approximate surface area is 153 Å². The Morgan fingerprint density at radius 1 is 1.36 bits per heavy atom. The number of nitrogens with one attached hydrogen (secondary N) is 1. The van der Waals surface area contributed by atoms with Gasteiger partial charge in [-0.3, -0.25) is 0 Å². The van der Waals surface area contributed by atoms with Gasteiger partial charge in [-0.25, -0.2) is 8.42 Å². The number of hydrogen-bond acceptors (Lipinski definition) is 4. The molecule has 0 unspecified atom stereocenters. The highest BCUT2D eigenvalue weighted by molar-refractivity contribution is 7.91. The van der Waals surface area contributed by atoms with Crippen molar-refractivity contribution in [1.29, 1.82) is 0 Å². The molecule has 1 N–H and O–H groups in total. The molecule has 2 aromatic rings. The second kappa shape index (κ2) is 7.17. The van der Waals surface area contributed by atoms with Gasteiger partial charge in [0.05, 0.1) is 24.3 Å². The van der Waals surface area contributed by atoms with Crippen LogP contribution in [-0.2, 0) is 16.4 Å². The molecule has 0 saturated carbocycles. The standard InChI is InChI=1S/C18H22N2O3S2/c1-13-5-6-17(14(2)10-13)19-18(24)20(11-16-4-3-8-23-16)15-7-9-25(21,22)12-15/h3-6,8,10,15H,7,9,11-12H2,1-2H3,(H,19,24)/t15-/m0/s1. The third-order valence-corrected chi connectivity index (χ3v) is 6.53. The maximum Gasteiger partial charge on any atom is 0.174 e. The maximum absolute atomic E-state index is 11.9. The van der Waals surface area contributed by atoms with Gasteiger partial charge in [-0.15, -0.1) is 0 Å². The Morgan fingerprint density at radius 3 is 2.76 bits per heavy atom. The summed E-state index contributed by atoms with van der Waals surface area (Å²) in [5.74, 6) is 1.09. The van der Waals surface area contributed by atoms with Crippen LogP contribution in [0.5, 0.6) is 0 Å². The van der Waals surface area contributed by atoms with E-state index in [-0.39, 0.29) is 17.5 Å². The van der Waals surface area contributed by atoms with Crippen LogP contribution in [0.4, 0.5) is 5.69 Å². The largest absolute Gasteiger partial charge is 0.467 e. The smallest absolute Gasteiger partial charge is 0.174 e. The monoisotopic (exact) mass is 378 g/mol. The molecular weight excluding hydrogens is 356 g/mol. The molecule has 1 atom stereocenters. The highest BCUT2D eigenvalue weighted by Gasteiger charge is 2.34. The molecule has 0 bridgehead atoms. The second-order valence-electron chi connectivity index (χ2n) is 6.51. The van der Waals surface area contributed by atoms with Gasteiger partial charge in [-0.05, 0) is 56.2 Å². The van der Waals surface area contributed by atoms with Crippen LogP contribution in [0.3, 0.4) is 0 Å². The first kappa shape index (κ1) is 17.9. The van der Waals surface area contributed by atoms with E-state index in [1.165, 1.54) is 5.56 Å². The lowest BCUT2D eigenvalue weighted by Crippen LogP contribution is -2.43. The van der Waals surface area contributed by atoms with Crippen molar-refractivity contribution >= 4 is 32.9 Å².